The normalized spacial score (nSPS) is 9.21. The van der Waals surface area contributed by atoms with Crippen molar-refractivity contribution in [3.05, 3.63) is 17.0 Å². The van der Waals surface area contributed by atoms with Crippen LogP contribution in [0.25, 0.3) is 0 Å². The fraction of sp³-hybridized carbons (Fsp3) is 0.636. The molecule has 0 radical (unpaired) electrons. The molecule has 0 saturated carbocycles. The van der Waals surface area contributed by atoms with Gasteiger partial charge in [0.2, 0.25) is 5.95 Å². The Labute approximate surface area is 86.8 Å². The van der Waals surface area contributed by atoms with Crippen LogP contribution in [0.3, 0.4) is 0 Å². The molecule has 0 aliphatic heterocycles. The molecule has 0 aromatic carbocycles. The van der Waals surface area contributed by atoms with Crippen molar-refractivity contribution in [2.75, 3.05) is 5.73 Å². The van der Waals surface area contributed by atoms with Crippen LogP contribution in [-0.4, -0.2) is 9.97 Å². The zero-order chi connectivity index (χ0) is 11.1. The van der Waals surface area contributed by atoms with Crippen molar-refractivity contribution in [1.82, 2.24) is 9.97 Å². The van der Waals surface area contributed by atoms with Crippen LogP contribution >= 0.6 is 0 Å². The van der Waals surface area contributed by atoms with Crippen LogP contribution in [0.2, 0.25) is 0 Å². The molecule has 14 heavy (non-hydrogen) atoms. The second-order valence-electron chi connectivity index (χ2n) is 2.98. The van der Waals surface area contributed by atoms with E-state index in [0.29, 0.717) is 5.95 Å². The Kier molecular flexibility index (Phi) is 5.84. The summed E-state index contributed by atoms with van der Waals surface area (Å²) < 4.78 is 0. The molecule has 1 aromatic heterocycles. The molecule has 1 heterocycles. The maximum atomic E-state index is 5.50. The number of anilines is 1. The minimum Gasteiger partial charge on any atom is -0.368 e. The molecular formula is C11H21N3. The molecule has 3 nitrogen and oxygen atoms in total. The highest BCUT2D eigenvalue weighted by Crippen LogP contribution is 2.12. The summed E-state index contributed by atoms with van der Waals surface area (Å²) in [4.78, 5) is 8.24. The maximum Gasteiger partial charge on any atom is 0.220 e. The van der Waals surface area contributed by atoms with E-state index in [1.165, 1.54) is 5.56 Å². The topological polar surface area (TPSA) is 51.8 Å². The average molecular weight is 195 g/mol. The zero-order valence-corrected chi connectivity index (χ0v) is 9.89. The molecule has 0 aliphatic rings. The third-order valence-corrected chi connectivity index (χ3v) is 1.94. The van der Waals surface area contributed by atoms with Crippen molar-refractivity contribution in [3.63, 3.8) is 0 Å². The molecule has 0 amide bonds. The molecule has 80 valence electrons. The fourth-order valence-electron chi connectivity index (χ4n) is 1.38. The number of hydrogen-bond acceptors (Lipinski definition) is 3. The molecule has 0 bridgehead atoms. The summed E-state index contributed by atoms with van der Waals surface area (Å²) in [6, 6.07) is 0. The lowest BCUT2D eigenvalue weighted by Gasteiger charge is -2.07. The standard InChI is InChI=1S/C9H15N3.C2H6/c1-4-5-8-6(2)11-9(10)12-7(8)3;1-2/h4-5H2,1-3H3,(H2,10,11,12);1-2H3. The van der Waals surface area contributed by atoms with Crippen molar-refractivity contribution in [2.45, 2.75) is 47.5 Å². The summed E-state index contributed by atoms with van der Waals surface area (Å²) in [5.41, 5.74) is 8.78. The molecule has 0 atom stereocenters. The van der Waals surface area contributed by atoms with Gasteiger partial charge in [0.05, 0.1) is 0 Å². The van der Waals surface area contributed by atoms with E-state index in [0.717, 1.165) is 24.2 Å². The Balaban J connectivity index is 0.000000791. The first-order valence-corrected chi connectivity index (χ1v) is 5.24. The van der Waals surface area contributed by atoms with Crippen molar-refractivity contribution >= 4 is 5.95 Å². The van der Waals surface area contributed by atoms with E-state index < -0.39 is 0 Å². The first kappa shape index (κ1) is 12.9. The number of hydrogen-bond donors (Lipinski definition) is 1. The van der Waals surface area contributed by atoms with Crippen molar-refractivity contribution in [2.24, 2.45) is 0 Å². The molecule has 0 unspecified atom stereocenters. The summed E-state index contributed by atoms with van der Waals surface area (Å²) in [6.07, 6.45) is 2.16. The Morgan fingerprint density at radius 3 is 1.86 bits per heavy atom. The van der Waals surface area contributed by atoms with E-state index in [1.807, 2.05) is 27.7 Å². The summed E-state index contributed by atoms with van der Waals surface area (Å²) in [6.45, 7) is 10.1. The highest BCUT2D eigenvalue weighted by Gasteiger charge is 2.04. The summed E-state index contributed by atoms with van der Waals surface area (Å²) in [5.74, 6) is 0.379. The second kappa shape index (κ2) is 6.35. The van der Waals surface area contributed by atoms with Gasteiger partial charge in [-0.1, -0.05) is 27.2 Å². The molecule has 3 heteroatoms. The average Bonchev–Trinajstić information content (AvgIpc) is 2.14. The smallest absolute Gasteiger partial charge is 0.220 e. The fourth-order valence-corrected chi connectivity index (χ4v) is 1.38. The van der Waals surface area contributed by atoms with Gasteiger partial charge >= 0.3 is 0 Å². The minimum atomic E-state index is 0.379. The zero-order valence-electron chi connectivity index (χ0n) is 9.89. The first-order valence-electron chi connectivity index (χ1n) is 5.24. The van der Waals surface area contributed by atoms with Crippen LogP contribution in [0.1, 0.15) is 44.1 Å². The van der Waals surface area contributed by atoms with Crippen molar-refractivity contribution in [1.29, 1.82) is 0 Å². The van der Waals surface area contributed by atoms with Gasteiger partial charge in [-0.2, -0.15) is 0 Å². The third-order valence-electron chi connectivity index (χ3n) is 1.94. The molecule has 0 fully saturated rings. The lowest BCUT2D eigenvalue weighted by atomic mass is 10.1. The van der Waals surface area contributed by atoms with Gasteiger partial charge in [-0.15, -0.1) is 0 Å². The number of nitrogens with zero attached hydrogens (tertiary/aromatic N) is 2. The molecule has 2 N–H and O–H groups in total. The Hall–Kier alpha value is -1.12. The number of aromatic nitrogens is 2. The number of nitrogen functional groups attached to an aromatic ring is 1. The summed E-state index contributed by atoms with van der Waals surface area (Å²) in [5, 5.41) is 0. The summed E-state index contributed by atoms with van der Waals surface area (Å²) >= 11 is 0. The van der Waals surface area contributed by atoms with Gasteiger partial charge in [0, 0.05) is 11.4 Å². The van der Waals surface area contributed by atoms with E-state index in [2.05, 4.69) is 16.9 Å². The van der Waals surface area contributed by atoms with Crippen molar-refractivity contribution < 1.29 is 0 Å². The Morgan fingerprint density at radius 2 is 1.50 bits per heavy atom. The first-order chi connectivity index (χ1) is 6.65. The van der Waals surface area contributed by atoms with Gasteiger partial charge in [0.1, 0.15) is 0 Å². The third kappa shape index (κ3) is 3.32. The number of rotatable bonds is 2. The molecule has 0 saturated heterocycles. The van der Waals surface area contributed by atoms with Crippen LogP contribution in [0.5, 0.6) is 0 Å². The Morgan fingerprint density at radius 1 is 1.07 bits per heavy atom. The molecule has 0 aliphatic carbocycles. The van der Waals surface area contributed by atoms with E-state index in [1.54, 1.807) is 0 Å². The summed E-state index contributed by atoms with van der Waals surface area (Å²) in [7, 11) is 0. The molecule has 1 rings (SSSR count). The van der Waals surface area contributed by atoms with Crippen LogP contribution < -0.4 is 5.73 Å². The molecule has 0 spiro atoms. The highest BCUT2D eigenvalue weighted by atomic mass is 15.0. The maximum absolute atomic E-state index is 5.50. The van der Waals surface area contributed by atoms with E-state index in [4.69, 9.17) is 5.73 Å². The lowest BCUT2D eigenvalue weighted by Crippen LogP contribution is -2.04. The van der Waals surface area contributed by atoms with Crippen LogP contribution in [0.15, 0.2) is 0 Å². The molecular weight excluding hydrogens is 174 g/mol. The number of nitrogens with two attached hydrogens (primary N) is 1. The molecule has 1 aromatic rings. The van der Waals surface area contributed by atoms with Gasteiger partial charge in [-0.25, -0.2) is 9.97 Å². The van der Waals surface area contributed by atoms with Crippen LogP contribution in [0, 0.1) is 13.8 Å². The van der Waals surface area contributed by atoms with E-state index >= 15 is 0 Å². The van der Waals surface area contributed by atoms with E-state index in [9.17, 15) is 0 Å². The van der Waals surface area contributed by atoms with E-state index in [-0.39, 0.29) is 0 Å². The second-order valence-corrected chi connectivity index (χ2v) is 2.98. The number of aryl methyl sites for hydroxylation is 2. The van der Waals surface area contributed by atoms with Crippen LogP contribution in [-0.2, 0) is 6.42 Å². The van der Waals surface area contributed by atoms with Gasteiger partial charge < -0.3 is 5.73 Å². The Bertz CT molecular complexity index is 259. The highest BCUT2D eigenvalue weighted by molar-refractivity contribution is 5.30. The van der Waals surface area contributed by atoms with Gasteiger partial charge in [0.15, 0.2) is 0 Å². The predicted octanol–water partition coefficient (Wildman–Crippen LogP) is 2.65. The lowest BCUT2D eigenvalue weighted by molar-refractivity contribution is 0.868. The van der Waals surface area contributed by atoms with Gasteiger partial charge in [-0.3, -0.25) is 0 Å². The predicted molar refractivity (Wildman–Crippen MR) is 61.3 cm³/mol. The van der Waals surface area contributed by atoms with Gasteiger partial charge in [0.25, 0.3) is 0 Å². The van der Waals surface area contributed by atoms with Crippen LogP contribution in [0.4, 0.5) is 5.95 Å². The minimum absolute atomic E-state index is 0.379. The van der Waals surface area contributed by atoms with Crippen molar-refractivity contribution in [3.8, 4) is 0 Å². The largest absolute Gasteiger partial charge is 0.368 e. The SMILES string of the molecule is CC.CCCc1c(C)nc(N)nc1C. The quantitative estimate of drug-likeness (QED) is 0.789. The monoisotopic (exact) mass is 195 g/mol. The van der Waals surface area contributed by atoms with Gasteiger partial charge in [-0.05, 0) is 25.8 Å².